The van der Waals surface area contributed by atoms with E-state index in [9.17, 15) is 19.2 Å². The quantitative estimate of drug-likeness (QED) is 0.511. The summed E-state index contributed by atoms with van der Waals surface area (Å²) >= 11 is 0. The third kappa shape index (κ3) is 1.38. The zero-order valence-corrected chi connectivity index (χ0v) is 15.0. The maximum Gasteiger partial charge on any atom is 0.194 e. The van der Waals surface area contributed by atoms with Crippen LogP contribution in [0.2, 0.25) is 0 Å². The smallest absolute Gasteiger partial charge is 0.194 e. The lowest BCUT2D eigenvalue weighted by Crippen LogP contribution is -2.72. The molecule has 3 aliphatic carbocycles. The van der Waals surface area contributed by atoms with Gasteiger partial charge in [0.15, 0.2) is 47.5 Å². The summed E-state index contributed by atoms with van der Waals surface area (Å²) in [4.78, 5) is 52.6. The number of ether oxygens (including phenoxy) is 4. The molecule has 0 aromatic rings. The Morgan fingerprint density at radius 2 is 1.43 bits per heavy atom. The molecule has 0 unspecified atom stereocenters. The average Bonchev–Trinajstić information content (AvgIpc) is 3.57. The van der Waals surface area contributed by atoms with Crippen molar-refractivity contribution in [2.45, 2.75) is 56.6 Å². The summed E-state index contributed by atoms with van der Waals surface area (Å²) in [5, 5.41) is 0. The minimum atomic E-state index is -1.35. The van der Waals surface area contributed by atoms with Gasteiger partial charge in [0, 0.05) is 28.6 Å². The number of carbonyl (C=O) groups excluding carboxylic acids is 4. The van der Waals surface area contributed by atoms with Gasteiger partial charge in [-0.2, -0.15) is 0 Å². The van der Waals surface area contributed by atoms with Crippen molar-refractivity contribution in [2.75, 3.05) is 0 Å². The van der Waals surface area contributed by atoms with Crippen LogP contribution in [-0.4, -0.2) is 65.9 Å². The SMILES string of the molecule is C[C@H]1O[C@H]2C3=C(C(=O)[C@@H]4O[C@@H]4C3=O)[C@H]1[C@@H]1[C@@H](C)OC=C3C(=O)[C@H]4O[C@H]4C(=O)[C@]312. The van der Waals surface area contributed by atoms with Crippen LogP contribution < -0.4 is 0 Å². The van der Waals surface area contributed by atoms with Gasteiger partial charge >= 0.3 is 0 Å². The average molecular weight is 384 g/mol. The van der Waals surface area contributed by atoms with Crippen LogP contribution in [0.25, 0.3) is 0 Å². The molecule has 3 saturated heterocycles. The topological polar surface area (TPSA) is 112 Å². The largest absolute Gasteiger partial charge is 0.498 e. The molecule has 8 rings (SSSR count). The van der Waals surface area contributed by atoms with Crippen molar-refractivity contribution < 1.29 is 38.1 Å². The predicted molar refractivity (Wildman–Crippen MR) is 86.8 cm³/mol. The standard InChI is InChI=1S/C20H16O8/c1-4-7-8-9(13(23)16-15(27-16)12(8)22)19(26-4)20-6(3-25-5(2)10(7)20)11(21)14-17(28-14)18(20)24/h3-5,7,10,14-17,19H,1-2H3/t4-,5-,7+,10+,14-,15+,16-,17-,19+,20+/m1/s1. The molecule has 0 aromatic heterocycles. The number of hydrogen-bond acceptors (Lipinski definition) is 8. The van der Waals surface area contributed by atoms with Gasteiger partial charge in [-0.15, -0.1) is 0 Å². The van der Waals surface area contributed by atoms with Crippen LogP contribution in [0.1, 0.15) is 13.8 Å². The Morgan fingerprint density at radius 1 is 0.786 bits per heavy atom. The molecular weight excluding hydrogens is 368 g/mol. The summed E-state index contributed by atoms with van der Waals surface area (Å²) in [5.41, 5.74) is -0.491. The highest BCUT2D eigenvalue weighted by Crippen LogP contribution is 2.66. The van der Waals surface area contributed by atoms with Crippen molar-refractivity contribution in [3.8, 4) is 0 Å². The molecule has 0 amide bonds. The van der Waals surface area contributed by atoms with Gasteiger partial charge in [0.25, 0.3) is 0 Å². The van der Waals surface area contributed by atoms with Crippen LogP contribution in [0.3, 0.4) is 0 Å². The number of rotatable bonds is 0. The minimum absolute atomic E-state index is 0.196. The second-order valence-electron chi connectivity index (χ2n) is 8.75. The predicted octanol–water partition coefficient (Wildman–Crippen LogP) is -0.556. The van der Waals surface area contributed by atoms with E-state index in [0.717, 1.165) is 0 Å². The highest BCUT2D eigenvalue weighted by molar-refractivity contribution is 6.23. The van der Waals surface area contributed by atoms with E-state index in [1.54, 1.807) is 0 Å². The Hall–Kier alpha value is -2.16. The molecule has 0 N–H and O–H groups in total. The third-order valence-electron chi connectivity index (χ3n) is 7.64. The molecule has 5 heterocycles. The van der Waals surface area contributed by atoms with E-state index >= 15 is 0 Å². The van der Waals surface area contributed by atoms with E-state index in [2.05, 4.69) is 0 Å². The lowest BCUT2D eigenvalue weighted by molar-refractivity contribution is -0.203. The van der Waals surface area contributed by atoms with Crippen molar-refractivity contribution in [1.82, 2.24) is 0 Å². The molecule has 5 aliphatic heterocycles. The van der Waals surface area contributed by atoms with E-state index in [1.165, 1.54) is 6.26 Å². The number of carbonyl (C=O) groups is 4. The van der Waals surface area contributed by atoms with Gasteiger partial charge < -0.3 is 18.9 Å². The molecule has 1 saturated carbocycles. The highest BCUT2D eigenvalue weighted by Gasteiger charge is 2.79. The molecule has 8 aliphatic rings. The Morgan fingerprint density at radius 3 is 2.18 bits per heavy atom. The molecule has 0 radical (unpaired) electrons. The molecule has 8 heteroatoms. The van der Waals surface area contributed by atoms with Gasteiger partial charge in [0.05, 0.1) is 18.5 Å². The van der Waals surface area contributed by atoms with Crippen LogP contribution in [0, 0.1) is 17.3 Å². The Labute approximate surface area is 158 Å². The second-order valence-corrected chi connectivity index (χ2v) is 8.75. The van der Waals surface area contributed by atoms with Crippen molar-refractivity contribution in [1.29, 1.82) is 0 Å². The summed E-state index contributed by atoms with van der Waals surface area (Å²) in [5.74, 6) is -2.02. The first-order valence-corrected chi connectivity index (χ1v) is 9.62. The summed E-state index contributed by atoms with van der Waals surface area (Å²) in [6.07, 6.45) is -3.55. The van der Waals surface area contributed by atoms with Gasteiger partial charge in [0.1, 0.15) is 11.5 Å². The molecule has 8 nitrogen and oxygen atoms in total. The molecule has 28 heavy (non-hydrogen) atoms. The summed E-state index contributed by atoms with van der Waals surface area (Å²) < 4.78 is 22.7. The molecular formula is C20H16O8. The Kier molecular flexibility index (Phi) is 2.45. The number of ketones is 4. The molecule has 10 atom stereocenters. The summed E-state index contributed by atoms with van der Waals surface area (Å²) in [7, 11) is 0. The zero-order valence-electron chi connectivity index (χ0n) is 15.0. The molecule has 0 aromatic carbocycles. The fourth-order valence-electron chi connectivity index (χ4n) is 6.49. The van der Waals surface area contributed by atoms with E-state index in [-0.39, 0.29) is 34.3 Å². The summed E-state index contributed by atoms with van der Waals surface area (Å²) in [6.45, 7) is 3.67. The van der Waals surface area contributed by atoms with E-state index in [1.807, 2.05) is 13.8 Å². The van der Waals surface area contributed by atoms with Crippen molar-refractivity contribution >= 4 is 23.1 Å². The minimum Gasteiger partial charge on any atom is -0.498 e. The molecule has 1 spiro atoms. The number of fused-ring (bicyclic) bond motifs is 3. The van der Waals surface area contributed by atoms with Gasteiger partial charge in [-0.1, -0.05) is 0 Å². The number of epoxide rings is 2. The lowest BCUT2D eigenvalue weighted by Gasteiger charge is -2.62. The van der Waals surface area contributed by atoms with Crippen LogP contribution in [0.5, 0.6) is 0 Å². The first kappa shape index (κ1) is 15.7. The van der Waals surface area contributed by atoms with Crippen molar-refractivity contribution in [2.24, 2.45) is 17.3 Å². The van der Waals surface area contributed by atoms with Gasteiger partial charge in [0.2, 0.25) is 0 Å². The lowest BCUT2D eigenvalue weighted by atomic mass is 9.45. The van der Waals surface area contributed by atoms with Crippen LogP contribution >= 0.6 is 0 Å². The fraction of sp³-hybridized carbons (Fsp3) is 0.600. The third-order valence-corrected chi connectivity index (χ3v) is 7.64. The number of hydrogen-bond donors (Lipinski definition) is 0. The zero-order chi connectivity index (χ0) is 19.3. The maximum absolute atomic E-state index is 13.6. The van der Waals surface area contributed by atoms with Crippen LogP contribution in [-0.2, 0) is 38.1 Å². The molecule has 144 valence electrons. The van der Waals surface area contributed by atoms with E-state index in [0.29, 0.717) is 5.57 Å². The normalized spacial score (nSPS) is 54.8. The Bertz CT molecular complexity index is 1010. The van der Waals surface area contributed by atoms with Crippen LogP contribution in [0.15, 0.2) is 23.0 Å². The van der Waals surface area contributed by atoms with Gasteiger partial charge in [-0.05, 0) is 13.8 Å². The Balaban J connectivity index is 1.55. The first-order valence-electron chi connectivity index (χ1n) is 9.62. The fourth-order valence-corrected chi connectivity index (χ4v) is 6.49. The van der Waals surface area contributed by atoms with Crippen LogP contribution in [0.4, 0.5) is 0 Å². The van der Waals surface area contributed by atoms with Crippen molar-refractivity contribution in [3.63, 3.8) is 0 Å². The highest BCUT2D eigenvalue weighted by atomic mass is 16.6. The van der Waals surface area contributed by atoms with Gasteiger partial charge in [-0.3, -0.25) is 19.2 Å². The summed E-state index contributed by atoms with van der Waals surface area (Å²) in [6, 6.07) is 0. The molecule has 2 bridgehead atoms. The van der Waals surface area contributed by atoms with E-state index < -0.39 is 60.0 Å². The monoisotopic (exact) mass is 384 g/mol. The second kappa shape index (κ2) is 4.37. The maximum atomic E-state index is 13.6. The number of Topliss-reactive ketones (excluding diaryl/α,β-unsaturated/α-hetero) is 4. The first-order chi connectivity index (χ1) is 13.4. The van der Waals surface area contributed by atoms with Gasteiger partial charge in [-0.25, -0.2) is 0 Å². The van der Waals surface area contributed by atoms with E-state index in [4.69, 9.17) is 18.9 Å². The van der Waals surface area contributed by atoms with Crippen molar-refractivity contribution in [3.05, 3.63) is 23.0 Å². The molecule has 4 fully saturated rings.